The number of rotatable bonds is 5. The van der Waals surface area contributed by atoms with E-state index in [-0.39, 0.29) is 28.7 Å². The van der Waals surface area contributed by atoms with E-state index in [1.54, 1.807) is 0 Å². The SMILES string of the molecule is CC(=O)c1cc(Br)cc([N+](=O)[O-])c1OCC1CCOC1. The maximum absolute atomic E-state index is 11.6. The molecule has 1 aromatic rings. The Morgan fingerprint density at radius 3 is 2.90 bits per heavy atom. The van der Waals surface area contributed by atoms with Crippen molar-refractivity contribution in [3.05, 3.63) is 32.3 Å². The fourth-order valence-corrected chi connectivity index (χ4v) is 2.49. The van der Waals surface area contributed by atoms with Crippen LogP contribution in [0.4, 0.5) is 5.69 Å². The van der Waals surface area contributed by atoms with Gasteiger partial charge >= 0.3 is 5.69 Å². The van der Waals surface area contributed by atoms with E-state index in [1.807, 2.05) is 0 Å². The summed E-state index contributed by atoms with van der Waals surface area (Å²) in [6, 6.07) is 2.88. The summed E-state index contributed by atoms with van der Waals surface area (Å²) in [6.07, 6.45) is 0.861. The van der Waals surface area contributed by atoms with Gasteiger partial charge in [0, 0.05) is 23.1 Å². The number of Topliss-reactive ketones (excluding diaryl/α,β-unsaturated/α-hetero) is 1. The summed E-state index contributed by atoms with van der Waals surface area (Å²) in [5, 5.41) is 11.1. The Kier molecular flexibility index (Phi) is 4.72. The van der Waals surface area contributed by atoms with Crippen LogP contribution >= 0.6 is 15.9 Å². The molecule has 0 N–H and O–H groups in total. The van der Waals surface area contributed by atoms with Gasteiger partial charge in [0.1, 0.15) is 0 Å². The lowest BCUT2D eigenvalue weighted by atomic mass is 10.1. The maximum atomic E-state index is 11.6. The number of benzene rings is 1. The van der Waals surface area contributed by atoms with Crippen molar-refractivity contribution in [1.82, 2.24) is 0 Å². The molecule has 0 radical (unpaired) electrons. The number of ether oxygens (including phenoxy) is 2. The lowest BCUT2D eigenvalue weighted by molar-refractivity contribution is -0.386. The Hall–Kier alpha value is -1.47. The predicted molar refractivity (Wildman–Crippen MR) is 75.2 cm³/mol. The van der Waals surface area contributed by atoms with Crippen LogP contribution in [0.2, 0.25) is 0 Å². The number of nitrogens with zero attached hydrogens (tertiary/aromatic N) is 1. The summed E-state index contributed by atoms with van der Waals surface area (Å²) < 4.78 is 11.3. The van der Waals surface area contributed by atoms with Crippen LogP contribution in [-0.2, 0) is 4.74 Å². The highest BCUT2D eigenvalue weighted by Gasteiger charge is 2.25. The van der Waals surface area contributed by atoms with Crippen LogP contribution in [0.25, 0.3) is 0 Å². The highest BCUT2D eigenvalue weighted by molar-refractivity contribution is 9.10. The minimum absolute atomic E-state index is 0.0394. The van der Waals surface area contributed by atoms with E-state index in [0.29, 0.717) is 24.3 Å². The second-order valence-electron chi connectivity index (χ2n) is 4.66. The molecule has 1 aliphatic rings. The quantitative estimate of drug-likeness (QED) is 0.466. The van der Waals surface area contributed by atoms with Crippen molar-refractivity contribution in [3.8, 4) is 5.75 Å². The highest BCUT2D eigenvalue weighted by Crippen LogP contribution is 2.35. The average Bonchev–Trinajstić information content (AvgIpc) is 2.89. The van der Waals surface area contributed by atoms with E-state index < -0.39 is 4.92 Å². The maximum Gasteiger partial charge on any atom is 0.312 e. The molecule has 0 aromatic heterocycles. The molecule has 0 aliphatic carbocycles. The molecule has 1 aromatic carbocycles. The van der Waals surface area contributed by atoms with Crippen molar-refractivity contribution in [1.29, 1.82) is 0 Å². The van der Waals surface area contributed by atoms with Crippen molar-refractivity contribution in [2.24, 2.45) is 5.92 Å². The number of nitro benzene ring substituents is 1. The first kappa shape index (κ1) is 14.9. The molecule has 2 rings (SSSR count). The molecule has 20 heavy (non-hydrogen) atoms. The Morgan fingerprint density at radius 1 is 1.60 bits per heavy atom. The molecule has 1 saturated heterocycles. The first-order chi connectivity index (χ1) is 9.49. The Balaban J connectivity index is 2.31. The molecule has 0 amide bonds. The van der Waals surface area contributed by atoms with Gasteiger partial charge in [0.05, 0.1) is 23.7 Å². The minimum atomic E-state index is -0.544. The second-order valence-corrected chi connectivity index (χ2v) is 5.57. The van der Waals surface area contributed by atoms with Crippen LogP contribution in [0.3, 0.4) is 0 Å². The molecule has 1 heterocycles. The van der Waals surface area contributed by atoms with E-state index >= 15 is 0 Å². The van der Waals surface area contributed by atoms with Gasteiger partial charge in [-0.05, 0) is 19.4 Å². The second kappa shape index (κ2) is 6.32. The molecular formula is C13H14BrNO5. The van der Waals surface area contributed by atoms with E-state index in [9.17, 15) is 14.9 Å². The van der Waals surface area contributed by atoms with Crippen LogP contribution in [0, 0.1) is 16.0 Å². The van der Waals surface area contributed by atoms with Gasteiger partial charge in [0.15, 0.2) is 5.78 Å². The van der Waals surface area contributed by atoms with Crippen molar-refractivity contribution >= 4 is 27.4 Å². The number of hydrogen-bond acceptors (Lipinski definition) is 5. The lowest BCUT2D eigenvalue weighted by Crippen LogP contribution is -2.14. The normalized spacial score (nSPS) is 18.0. The lowest BCUT2D eigenvalue weighted by Gasteiger charge is -2.13. The Bertz CT molecular complexity index is 505. The van der Waals surface area contributed by atoms with Gasteiger partial charge in [-0.25, -0.2) is 0 Å². The Morgan fingerprint density at radius 2 is 2.35 bits per heavy atom. The third-order valence-corrected chi connectivity index (χ3v) is 3.56. The molecule has 1 fully saturated rings. The van der Waals surface area contributed by atoms with E-state index in [1.165, 1.54) is 19.1 Å². The van der Waals surface area contributed by atoms with E-state index in [4.69, 9.17) is 9.47 Å². The molecule has 108 valence electrons. The highest BCUT2D eigenvalue weighted by atomic mass is 79.9. The molecule has 0 saturated carbocycles. The molecule has 1 unspecified atom stereocenters. The summed E-state index contributed by atoms with van der Waals surface area (Å²) >= 11 is 3.17. The van der Waals surface area contributed by atoms with Gasteiger partial charge < -0.3 is 9.47 Å². The average molecular weight is 344 g/mol. The van der Waals surface area contributed by atoms with Crippen molar-refractivity contribution < 1.29 is 19.2 Å². The zero-order valence-corrected chi connectivity index (χ0v) is 12.5. The first-order valence-electron chi connectivity index (χ1n) is 6.18. The van der Waals surface area contributed by atoms with E-state index in [2.05, 4.69) is 15.9 Å². The van der Waals surface area contributed by atoms with Crippen LogP contribution < -0.4 is 4.74 Å². The number of carbonyl (C=O) groups excluding carboxylic acids is 1. The number of nitro groups is 1. The molecular weight excluding hydrogens is 330 g/mol. The topological polar surface area (TPSA) is 78.7 Å². The Labute approximate surface area is 124 Å². The van der Waals surface area contributed by atoms with Crippen molar-refractivity contribution in [2.45, 2.75) is 13.3 Å². The molecule has 6 nitrogen and oxygen atoms in total. The molecule has 1 atom stereocenters. The van der Waals surface area contributed by atoms with Gasteiger partial charge in [-0.3, -0.25) is 14.9 Å². The summed E-state index contributed by atoms with van der Waals surface area (Å²) in [7, 11) is 0. The third kappa shape index (κ3) is 3.34. The smallest absolute Gasteiger partial charge is 0.312 e. The largest absolute Gasteiger partial charge is 0.486 e. The zero-order valence-electron chi connectivity index (χ0n) is 10.9. The van der Waals surface area contributed by atoms with Gasteiger partial charge in [-0.1, -0.05) is 15.9 Å². The third-order valence-electron chi connectivity index (χ3n) is 3.10. The molecule has 1 aliphatic heterocycles. The van der Waals surface area contributed by atoms with Gasteiger partial charge in [-0.2, -0.15) is 0 Å². The predicted octanol–water partition coefficient (Wildman–Crippen LogP) is 2.98. The van der Waals surface area contributed by atoms with Gasteiger partial charge in [0.25, 0.3) is 0 Å². The van der Waals surface area contributed by atoms with Crippen molar-refractivity contribution in [2.75, 3.05) is 19.8 Å². The number of hydrogen-bond donors (Lipinski definition) is 0. The van der Waals surface area contributed by atoms with Crippen LogP contribution in [-0.4, -0.2) is 30.5 Å². The van der Waals surface area contributed by atoms with Gasteiger partial charge in [-0.15, -0.1) is 0 Å². The fourth-order valence-electron chi connectivity index (χ4n) is 2.04. The van der Waals surface area contributed by atoms with Crippen molar-refractivity contribution in [3.63, 3.8) is 0 Å². The number of ketones is 1. The van der Waals surface area contributed by atoms with Crippen LogP contribution in [0.1, 0.15) is 23.7 Å². The monoisotopic (exact) mass is 343 g/mol. The molecule has 7 heteroatoms. The summed E-state index contributed by atoms with van der Waals surface area (Å²) in [4.78, 5) is 22.2. The van der Waals surface area contributed by atoms with Gasteiger partial charge in [0.2, 0.25) is 5.75 Å². The zero-order chi connectivity index (χ0) is 14.7. The van der Waals surface area contributed by atoms with Crippen LogP contribution in [0.15, 0.2) is 16.6 Å². The van der Waals surface area contributed by atoms with Crippen LogP contribution in [0.5, 0.6) is 5.75 Å². The fraction of sp³-hybridized carbons (Fsp3) is 0.462. The standard InChI is InChI=1S/C13H14BrNO5/c1-8(16)11-4-10(14)5-12(15(17)18)13(11)20-7-9-2-3-19-6-9/h4-5,9H,2-3,6-7H2,1H3. The summed E-state index contributed by atoms with van der Waals surface area (Å²) in [6.45, 7) is 2.93. The minimum Gasteiger partial charge on any atom is -0.486 e. The first-order valence-corrected chi connectivity index (χ1v) is 6.97. The molecule has 0 bridgehead atoms. The molecule has 0 spiro atoms. The summed E-state index contributed by atoms with van der Waals surface area (Å²) in [5.74, 6) is -0.0252. The van der Waals surface area contributed by atoms with E-state index in [0.717, 1.165) is 6.42 Å². The summed E-state index contributed by atoms with van der Waals surface area (Å²) in [5.41, 5.74) is 0.00785. The number of carbonyl (C=O) groups is 1. The number of halogens is 1.